The number of hydrogen-bond donors (Lipinski definition) is 0. The van der Waals surface area contributed by atoms with Gasteiger partial charge in [-0.2, -0.15) is 0 Å². The monoisotopic (exact) mass is 214 g/mol. The normalized spacial score (nSPS) is 10.5. The fourth-order valence-electron chi connectivity index (χ4n) is 0.493. The molecule has 0 amide bonds. The highest BCUT2D eigenvalue weighted by molar-refractivity contribution is 4.77. The first-order valence-electron chi connectivity index (χ1n) is 5.42. The zero-order valence-electron chi connectivity index (χ0n) is 11.1. The summed E-state index contributed by atoms with van der Waals surface area (Å²) in [7, 11) is 1.63. The van der Waals surface area contributed by atoms with E-state index in [1.807, 2.05) is 33.8 Å². The molecular formula is C13H26O2. The Labute approximate surface area is 95.0 Å². The molecule has 0 unspecified atom stereocenters. The van der Waals surface area contributed by atoms with E-state index in [0.29, 0.717) is 0 Å². The van der Waals surface area contributed by atoms with E-state index in [-0.39, 0.29) is 5.60 Å². The van der Waals surface area contributed by atoms with E-state index in [9.17, 15) is 0 Å². The first-order chi connectivity index (χ1) is 6.87. The van der Waals surface area contributed by atoms with Crippen LogP contribution in [0.1, 0.15) is 47.5 Å². The molecule has 0 atom stereocenters. The fourth-order valence-corrected chi connectivity index (χ4v) is 0.493. The lowest BCUT2D eigenvalue weighted by Crippen LogP contribution is -2.15. The van der Waals surface area contributed by atoms with Gasteiger partial charge in [0.05, 0.1) is 24.7 Å². The van der Waals surface area contributed by atoms with Crippen molar-refractivity contribution in [2.45, 2.75) is 53.1 Å². The smallest absolute Gasteiger partial charge is 0.0998 e. The second kappa shape index (κ2) is 9.63. The minimum absolute atomic E-state index is 0.0360. The summed E-state index contributed by atoms with van der Waals surface area (Å²) in [6, 6.07) is 0. The van der Waals surface area contributed by atoms with Crippen LogP contribution in [0.2, 0.25) is 0 Å². The summed E-state index contributed by atoms with van der Waals surface area (Å²) in [6.07, 6.45) is 5.72. The van der Waals surface area contributed by atoms with Gasteiger partial charge >= 0.3 is 0 Å². The maximum Gasteiger partial charge on any atom is 0.0998 e. The van der Waals surface area contributed by atoms with Gasteiger partial charge in [-0.1, -0.05) is 26.5 Å². The van der Waals surface area contributed by atoms with Crippen LogP contribution in [-0.2, 0) is 9.47 Å². The predicted molar refractivity (Wildman–Crippen MR) is 66.7 cm³/mol. The molecule has 0 N–H and O–H groups in total. The first kappa shape index (κ1) is 16.5. The summed E-state index contributed by atoms with van der Waals surface area (Å²) in [4.78, 5) is 0. The Morgan fingerprint density at radius 3 is 2.00 bits per heavy atom. The molecule has 90 valence electrons. The highest BCUT2D eigenvalue weighted by Crippen LogP contribution is 2.06. The van der Waals surface area contributed by atoms with Gasteiger partial charge in [0, 0.05) is 6.42 Å². The van der Waals surface area contributed by atoms with Crippen LogP contribution in [0.15, 0.2) is 24.7 Å². The molecule has 0 aromatic heterocycles. The second-order valence-electron chi connectivity index (χ2n) is 4.11. The van der Waals surface area contributed by atoms with E-state index in [1.165, 1.54) is 0 Å². The summed E-state index contributed by atoms with van der Waals surface area (Å²) in [5.41, 5.74) is -0.0360. The van der Waals surface area contributed by atoms with Gasteiger partial charge in [-0.25, -0.2) is 0 Å². The summed E-state index contributed by atoms with van der Waals surface area (Å²) < 4.78 is 9.99. The van der Waals surface area contributed by atoms with Crippen molar-refractivity contribution in [2.24, 2.45) is 0 Å². The zero-order chi connectivity index (χ0) is 12.3. The topological polar surface area (TPSA) is 18.5 Å². The molecule has 0 radical (unpaired) electrons. The summed E-state index contributed by atoms with van der Waals surface area (Å²) >= 11 is 0. The molecule has 0 aliphatic rings. The molecule has 2 heteroatoms. The SMILES string of the molecule is C=C(CC)OC.CC/C=C/OC(C)(C)C. The van der Waals surface area contributed by atoms with Gasteiger partial charge in [-0.15, -0.1) is 0 Å². The van der Waals surface area contributed by atoms with Crippen molar-refractivity contribution in [3.05, 3.63) is 24.7 Å². The Morgan fingerprint density at radius 1 is 1.27 bits per heavy atom. The van der Waals surface area contributed by atoms with Crippen LogP contribution in [-0.4, -0.2) is 12.7 Å². The Balaban J connectivity index is 0. The third-order valence-electron chi connectivity index (χ3n) is 1.44. The number of hydrogen-bond acceptors (Lipinski definition) is 2. The van der Waals surface area contributed by atoms with Crippen molar-refractivity contribution >= 4 is 0 Å². The minimum atomic E-state index is -0.0360. The maximum atomic E-state index is 5.29. The van der Waals surface area contributed by atoms with Crippen molar-refractivity contribution in [3.8, 4) is 0 Å². The Kier molecular flexibility index (Phi) is 10.6. The lowest BCUT2D eigenvalue weighted by atomic mass is 10.2. The molecule has 0 saturated heterocycles. The molecule has 0 aliphatic heterocycles. The average molecular weight is 214 g/mol. The van der Waals surface area contributed by atoms with Gasteiger partial charge in [0.2, 0.25) is 0 Å². The molecule has 0 spiro atoms. The minimum Gasteiger partial charge on any atom is -0.502 e. The molecule has 0 aromatic rings. The number of methoxy groups -OCH3 is 1. The molecule has 0 rings (SSSR count). The first-order valence-corrected chi connectivity index (χ1v) is 5.42. The van der Waals surface area contributed by atoms with E-state index < -0.39 is 0 Å². The number of allylic oxidation sites excluding steroid dienone is 2. The molecular weight excluding hydrogens is 188 g/mol. The molecule has 0 heterocycles. The highest BCUT2D eigenvalue weighted by Gasteiger charge is 2.06. The van der Waals surface area contributed by atoms with E-state index in [0.717, 1.165) is 18.6 Å². The van der Waals surface area contributed by atoms with Crippen molar-refractivity contribution in [3.63, 3.8) is 0 Å². The Hall–Kier alpha value is -0.920. The van der Waals surface area contributed by atoms with Crippen LogP contribution in [0, 0.1) is 0 Å². The van der Waals surface area contributed by atoms with E-state index in [1.54, 1.807) is 13.4 Å². The van der Waals surface area contributed by atoms with Gasteiger partial charge in [0.15, 0.2) is 0 Å². The fraction of sp³-hybridized carbons (Fsp3) is 0.692. The van der Waals surface area contributed by atoms with Crippen LogP contribution < -0.4 is 0 Å². The Bertz CT molecular complexity index is 169. The standard InChI is InChI=1S/C8H16O.C5H10O/c1-5-6-7-9-8(2,3)4;1-4-5(2)6-3/h6-7H,5H2,1-4H3;2,4H2,1,3H3/b7-6+;. The van der Waals surface area contributed by atoms with Gasteiger partial charge in [-0.05, 0) is 27.2 Å². The third-order valence-corrected chi connectivity index (χ3v) is 1.44. The summed E-state index contributed by atoms with van der Waals surface area (Å²) in [5, 5.41) is 0. The molecule has 0 aliphatic carbocycles. The van der Waals surface area contributed by atoms with Gasteiger partial charge < -0.3 is 9.47 Å². The van der Waals surface area contributed by atoms with E-state index in [4.69, 9.17) is 9.47 Å². The zero-order valence-corrected chi connectivity index (χ0v) is 11.1. The average Bonchev–Trinajstić information content (AvgIpc) is 2.16. The van der Waals surface area contributed by atoms with Crippen LogP contribution in [0.5, 0.6) is 0 Å². The van der Waals surface area contributed by atoms with Gasteiger partial charge in [-0.3, -0.25) is 0 Å². The second-order valence-corrected chi connectivity index (χ2v) is 4.11. The maximum absolute atomic E-state index is 5.29. The lowest BCUT2D eigenvalue weighted by Gasteiger charge is -2.17. The molecule has 2 nitrogen and oxygen atoms in total. The Morgan fingerprint density at radius 2 is 1.80 bits per heavy atom. The molecule has 0 fully saturated rings. The number of rotatable bonds is 4. The van der Waals surface area contributed by atoms with E-state index in [2.05, 4.69) is 13.5 Å². The largest absolute Gasteiger partial charge is 0.502 e. The van der Waals surface area contributed by atoms with Crippen molar-refractivity contribution in [1.82, 2.24) is 0 Å². The van der Waals surface area contributed by atoms with Crippen LogP contribution in [0.25, 0.3) is 0 Å². The van der Waals surface area contributed by atoms with Crippen LogP contribution in [0.4, 0.5) is 0 Å². The quantitative estimate of drug-likeness (QED) is 0.650. The molecule has 0 aromatic carbocycles. The molecule has 0 bridgehead atoms. The third kappa shape index (κ3) is 19.5. The van der Waals surface area contributed by atoms with Crippen molar-refractivity contribution in [1.29, 1.82) is 0 Å². The lowest BCUT2D eigenvalue weighted by molar-refractivity contribution is 0.0762. The van der Waals surface area contributed by atoms with E-state index >= 15 is 0 Å². The van der Waals surface area contributed by atoms with Gasteiger partial charge in [0.25, 0.3) is 0 Å². The van der Waals surface area contributed by atoms with Crippen LogP contribution in [0.3, 0.4) is 0 Å². The van der Waals surface area contributed by atoms with Crippen molar-refractivity contribution in [2.75, 3.05) is 7.11 Å². The molecule has 0 saturated carbocycles. The molecule has 15 heavy (non-hydrogen) atoms. The highest BCUT2D eigenvalue weighted by atomic mass is 16.5. The summed E-state index contributed by atoms with van der Waals surface area (Å²) in [5.74, 6) is 0.843. The predicted octanol–water partition coefficient (Wildman–Crippen LogP) is 4.28. The van der Waals surface area contributed by atoms with Crippen LogP contribution >= 0.6 is 0 Å². The van der Waals surface area contributed by atoms with Gasteiger partial charge in [0.1, 0.15) is 0 Å². The van der Waals surface area contributed by atoms with Crippen molar-refractivity contribution < 1.29 is 9.47 Å². The summed E-state index contributed by atoms with van der Waals surface area (Å²) in [6.45, 7) is 13.8. The number of ether oxygens (including phenoxy) is 2.